The summed E-state index contributed by atoms with van der Waals surface area (Å²) in [5.41, 5.74) is 0. The second kappa shape index (κ2) is 5.19. The summed E-state index contributed by atoms with van der Waals surface area (Å²) >= 11 is 3.27. The first-order valence-electron chi connectivity index (χ1n) is 5.70. The van der Waals surface area contributed by atoms with Crippen molar-refractivity contribution in [2.75, 3.05) is 7.11 Å². The van der Waals surface area contributed by atoms with Crippen LogP contribution in [-0.4, -0.2) is 32.0 Å². The lowest BCUT2D eigenvalue weighted by atomic mass is 10.3. The molecule has 0 bridgehead atoms. The first-order chi connectivity index (χ1) is 8.45. The monoisotopic (exact) mass is 334 g/mol. The summed E-state index contributed by atoms with van der Waals surface area (Å²) in [6, 6.07) is 4.92. The topological polar surface area (TPSA) is 63.6 Å². The molecule has 0 aliphatic heterocycles. The maximum Gasteiger partial charge on any atom is 0.185 e. The third-order valence-corrected chi connectivity index (χ3v) is 5.96. The van der Waals surface area contributed by atoms with Crippen molar-refractivity contribution in [2.24, 2.45) is 0 Å². The van der Waals surface area contributed by atoms with Crippen LogP contribution in [0.3, 0.4) is 0 Å². The number of aliphatic hydroxyl groups excluding tert-OH is 1. The molecule has 0 amide bonds. The highest BCUT2D eigenvalue weighted by Gasteiger charge is 2.36. The second-order valence-electron chi connectivity index (χ2n) is 4.43. The first kappa shape index (κ1) is 13.8. The van der Waals surface area contributed by atoms with Gasteiger partial charge in [-0.15, -0.1) is 0 Å². The summed E-state index contributed by atoms with van der Waals surface area (Å²) < 4.78 is 30.8. The SMILES string of the molecule is COc1ccc(Br)cc1S(=O)(=O)[C@@H]1CC[C@H](O)C1. The molecule has 0 heterocycles. The van der Waals surface area contributed by atoms with Gasteiger partial charge < -0.3 is 9.84 Å². The minimum atomic E-state index is -3.45. The molecule has 1 aromatic rings. The Labute approximate surface area is 115 Å². The predicted octanol–water partition coefficient (Wildman–Crippen LogP) is 2.14. The summed E-state index contributed by atoms with van der Waals surface area (Å²) in [4.78, 5) is 0.193. The molecular formula is C12H15BrO4S. The van der Waals surface area contributed by atoms with Crippen LogP contribution in [0.5, 0.6) is 5.75 Å². The lowest BCUT2D eigenvalue weighted by Gasteiger charge is -2.14. The molecule has 1 fully saturated rings. The van der Waals surface area contributed by atoms with E-state index in [9.17, 15) is 13.5 Å². The van der Waals surface area contributed by atoms with Gasteiger partial charge in [-0.1, -0.05) is 15.9 Å². The van der Waals surface area contributed by atoms with Crippen molar-refractivity contribution in [1.29, 1.82) is 0 Å². The van der Waals surface area contributed by atoms with E-state index in [1.807, 2.05) is 0 Å². The maximum absolute atomic E-state index is 12.5. The number of aliphatic hydroxyl groups is 1. The molecule has 0 radical (unpaired) electrons. The van der Waals surface area contributed by atoms with Crippen molar-refractivity contribution in [2.45, 2.75) is 35.5 Å². The van der Waals surface area contributed by atoms with Gasteiger partial charge in [-0.2, -0.15) is 0 Å². The number of halogens is 1. The maximum atomic E-state index is 12.5. The van der Waals surface area contributed by atoms with Gasteiger partial charge in [-0.3, -0.25) is 0 Å². The van der Waals surface area contributed by atoms with Gasteiger partial charge in [0.05, 0.1) is 18.5 Å². The van der Waals surface area contributed by atoms with Gasteiger partial charge in [0.1, 0.15) is 10.6 Å². The minimum absolute atomic E-state index is 0.193. The molecule has 1 aromatic carbocycles. The molecule has 100 valence electrons. The van der Waals surface area contributed by atoms with Crippen LogP contribution in [0.4, 0.5) is 0 Å². The van der Waals surface area contributed by atoms with Crippen LogP contribution in [0.2, 0.25) is 0 Å². The quantitative estimate of drug-likeness (QED) is 0.919. The molecule has 0 spiro atoms. The fraction of sp³-hybridized carbons (Fsp3) is 0.500. The van der Waals surface area contributed by atoms with E-state index in [0.29, 0.717) is 29.5 Å². The van der Waals surface area contributed by atoms with Crippen LogP contribution in [0.15, 0.2) is 27.6 Å². The summed E-state index contributed by atoms with van der Waals surface area (Å²) in [7, 11) is -2.00. The van der Waals surface area contributed by atoms with Crippen molar-refractivity contribution in [1.82, 2.24) is 0 Å². The number of rotatable bonds is 3. The third-order valence-electron chi connectivity index (χ3n) is 3.23. The van der Waals surface area contributed by atoms with Gasteiger partial charge in [0.25, 0.3) is 0 Å². The zero-order chi connectivity index (χ0) is 13.3. The Morgan fingerprint density at radius 3 is 2.67 bits per heavy atom. The Morgan fingerprint density at radius 1 is 1.39 bits per heavy atom. The van der Waals surface area contributed by atoms with Gasteiger partial charge in [0.2, 0.25) is 0 Å². The Balaban J connectivity index is 2.43. The number of methoxy groups -OCH3 is 1. The Bertz CT molecular complexity index is 541. The highest BCUT2D eigenvalue weighted by atomic mass is 79.9. The van der Waals surface area contributed by atoms with E-state index < -0.39 is 21.2 Å². The fourth-order valence-electron chi connectivity index (χ4n) is 2.25. The Hall–Kier alpha value is -0.590. The largest absolute Gasteiger partial charge is 0.495 e. The van der Waals surface area contributed by atoms with Crippen LogP contribution in [-0.2, 0) is 9.84 Å². The molecule has 6 heteroatoms. The highest BCUT2D eigenvalue weighted by Crippen LogP contribution is 2.35. The average Bonchev–Trinajstić information content (AvgIpc) is 2.76. The van der Waals surface area contributed by atoms with E-state index in [1.165, 1.54) is 7.11 Å². The molecule has 1 aliphatic rings. The van der Waals surface area contributed by atoms with Gasteiger partial charge in [0, 0.05) is 4.47 Å². The predicted molar refractivity (Wildman–Crippen MR) is 71.5 cm³/mol. The number of sulfone groups is 1. The molecule has 1 aliphatic carbocycles. The summed E-state index contributed by atoms with van der Waals surface area (Å²) in [5, 5.41) is 8.97. The summed E-state index contributed by atoms with van der Waals surface area (Å²) in [6.45, 7) is 0. The molecule has 18 heavy (non-hydrogen) atoms. The zero-order valence-electron chi connectivity index (χ0n) is 9.97. The van der Waals surface area contributed by atoms with Crippen molar-refractivity contribution in [3.63, 3.8) is 0 Å². The molecule has 0 saturated heterocycles. The highest BCUT2D eigenvalue weighted by molar-refractivity contribution is 9.10. The van der Waals surface area contributed by atoms with E-state index in [4.69, 9.17) is 4.74 Å². The lowest BCUT2D eigenvalue weighted by molar-refractivity contribution is 0.183. The number of hydrogen-bond acceptors (Lipinski definition) is 4. The Kier molecular flexibility index (Phi) is 3.99. The molecule has 0 aromatic heterocycles. The standard InChI is InChI=1S/C12H15BrO4S/c1-17-11-5-2-8(13)6-12(11)18(15,16)10-4-3-9(14)7-10/h2,5-6,9-10,14H,3-4,7H2,1H3/t9-,10+/m0/s1. The van der Waals surface area contributed by atoms with Gasteiger partial charge >= 0.3 is 0 Å². The van der Waals surface area contributed by atoms with Crippen LogP contribution < -0.4 is 4.74 Å². The fourth-order valence-corrected chi connectivity index (χ4v) is 4.77. The van der Waals surface area contributed by atoms with E-state index in [-0.39, 0.29) is 4.90 Å². The summed E-state index contributed by atoms with van der Waals surface area (Å²) in [6.07, 6.45) is 0.833. The van der Waals surface area contributed by atoms with E-state index in [0.717, 1.165) is 0 Å². The number of hydrogen-bond donors (Lipinski definition) is 1. The number of benzene rings is 1. The lowest BCUT2D eigenvalue weighted by Crippen LogP contribution is -2.20. The average molecular weight is 335 g/mol. The minimum Gasteiger partial charge on any atom is -0.495 e. The van der Waals surface area contributed by atoms with Crippen LogP contribution >= 0.6 is 15.9 Å². The molecule has 1 N–H and O–H groups in total. The molecule has 2 rings (SSSR count). The number of ether oxygens (including phenoxy) is 1. The van der Waals surface area contributed by atoms with Crippen molar-refractivity contribution >= 4 is 25.8 Å². The molecule has 4 nitrogen and oxygen atoms in total. The third kappa shape index (κ3) is 2.55. The summed E-state index contributed by atoms with van der Waals surface area (Å²) in [5.74, 6) is 0.347. The normalized spacial score (nSPS) is 24.2. The van der Waals surface area contributed by atoms with Gasteiger partial charge in [-0.25, -0.2) is 8.42 Å². The van der Waals surface area contributed by atoms with E-state index in [2.05, 4.69) is 15.9 Å². The van der Waals surface area contributed by atoms with Gasteiger partial charge in [-0.05, 0) is 37.5 Å². The molecular weight excluding hydrogens is 320 g/mol. The van der Waals surface area contributed by atoms with E-state index >= 15 is 0 Å². The molecule has 1 saturated carbocycles. The van der Waals surface area contributed by atoms with Crippen LogP contribution in [0.1, 0.15) is 19.3 Å². The first-order valence-corrected chi connectivity index (χ1v) is 8.04. The molecule has 2 atom stereocenters. The smallest absolute Gasteiger partial charge is 0.185 e. The van der Waals surface area contributed by atoms with Crippen LogP contribution in [0, 0.1) is 0 Å². The van der Waals surface area contributed by atoms with Crippen molar-refractivity contribution in [3.8, 4) is 5.75 Å². The Morgan fingerprint density at radius 2 is 2.11 bits per heavy atom. The van der Waals surface area contributed by atoms with Crippen molar-refractivity contribution < 1.29 is 18.3 Å². The van der Waals surface area contributed by atoms with E-state index in [1.54, 1.807) is 18.2 Å². The van der Waals surface area contributed by atoms with Crippen molar-refractivity contribution in [3.05, 3.63) is 22.7 Å². The van der Waals surface area contributed by atoms with Gasteiger partial charge in [0.15, 0.2) is 9.84 Å². The second-order valence-corrected chi connectivity index (χ2v) is 7.54. The zero-order valence-corrected chi connectivity index (χ0v) is 12.4. The van der Waals surface area contributed by atoms with Crippen LogP contribution in [0.25, 0.3) is 0 Å². The molecule has 0 unspecified atom stereocenters.